The molecule has 0 atom stereocenters. The lowest BCUT2D eigenvalue weighted by molar-refractivity contribution is -0.137. The summed E-state index contributed by atoms with van der Waals surface area (Å²) in [5, 5.41) is 2.21. The molecule has 0 heterocycles. The SMILES string of the molecule is CC(C)OC(=O)Nc1cc(F)c(/C=C/COC(=O)C=[N+]=[N-])c(F)c1. The van der Waals surface area contributed by atoms with E-state index in [1.54, 1.807) is 13.8 Å². The van der Waals surface area contributed by atoms with Crippen LogP contribution in [0.2, 0.25) is 0 Å². The molecule has 0 aliphatic carbocycles. The first-order valence-electron chi connectivity index (χ1n) is 6.81. The Bertz CT molecular complexity index is 675. The zero-order valence-electron chi connectivity index (χ0n) is 13.0. The maximum Gasteiger partial charge on any atom is 0.413 e. The van der Waals surface area contributed by atoms with Crippen molar-refractivity contribution in [3.63, 3.8) is 0 Å². The molecule has 0 spiro atoms. The molecule has 1 aromatic rings. The average molecular weight is 339 g/mol. The molecule has 0 radical (unpaired) electrons. The van der Waals surface area contributed by atoms with Crippen molar-refractivity contribution in [3.05, 3.63) is 40.9 Å². The molecule has 0 fully saturated rings. The molecule has 1 amide bonds. The van der Waals surface area contributed by atoms with Gasteiger partial charge in [0.25, 0.3) is 0 Å². The minimum absolute atomic E-state index is 0.0987. The van der Waals surface area contributed by atoms with Gasteiger partial charge in [-0.3, -0.25) is 5.32 Å². The lowest BCUT2D eigenvalue weighted by Gasteiger charge is -2.10. The van der Waals surface area contributed by atoms with Gasteiger partial charge in [-0.25, -0.2) is 18.4 Å². The van der Waals surface area contributed by atoms with Gasteiger partial charge in [-0.2, -0.15) is 4.79 Å². The minimum atomic E-state index is -0.922. The van der Waals surface area contributed by atoms with Gasteiger partial charge in [0.1, 0.15) is 18.2 Å². The maximum atomic E-state index is 13.9. The van der Waals surface area contributed by atoms with Gasteiger partial charge in [-0.15, -0.1) is 0 Å². The first-order chi connectivity index (χ1) is 11.3. The highest BCUT2D eigenvalue weighted by atomic mass is 19.1. The topological polar surface area (TPSA) is 101 Å². The van der Waals surface area contributed by atoms with Crippen LogP contribution >= 0.6 is 0 Å². The summed E-state index contributed by atoms with van der Waals surface area (Å²) < 4.78 is 37.1. The van der Waals surface area contributed by atoms with Crippen LogP contribution in [-0.4, -0.2) is 35.8 Å². The van der Waals surface area contributed by atoms with Crippen LogP contribution in [0.4, 0.5) is 19.3 Å². The quantitative estimate of drug-likeness (QED) is 0.373. The molecule has 7 nitrogen and oxygen atoms in total. The molecule has 24 heavy (non-hydrogen) atoms. The van der Waals surface area contributed by atoms with Gasteiger partial charge < -0.3 is 15.0 Å². The summed E-state index contributed by atoms with van der Waals surface area (Å²) in [6.45, 7) is 2.99. The number of carbonyl (C=O) groups excluding carboxylic acids is 2. The first kappa shape index (κ1) is 19.0. The fraction of sp³-hybridized carbons (Fsp3) is 0.267. The number of ether oxygens (including phenoxy) is 2. The second-order valence-corrected chi connectivity index (χ2v) is 4.71. The van der Waals surface area contributed by atoms with Gasteiger partial charge in [0.05, 0.1) is 6.10 Å². The summed E-state index contributed by atoms with van der Waals surface area (Å²) in [5.41, 5.74) is 7.62. The normalized spacial score (nSPS) is 10.4. The van der Waals surface area contributed by atoms with Gasteiger partial charge >= 0.3 is 18.3 Å². The Hall–Kier alpha value is -3.06. The Kier molecular flexibility index (Phi) is 7.25. The van der Waals surface area contributed by atoms with E-state index in [2.05, 4.69) is 14.8 Å². The number of hydrogen-bond acceptors (Lipinski definition) is 4. The van der Waals surface area contributed by atoms with Crippen molar-refractivity contribution in [3.8, 4) is 0 Å². The molecule has 1 aromatic carbocycles. The number of nitrogens with one attached hydrogen (secondary N) is 1. The second-order valence-electron chi connectivity index (χ2n) is 4.71. The van der Waals surface area contributed by atoms with E-state index < -0.39 is 23.7 Å². The Morgan fingerprint density at radius 3 is 2.50 bits per heavy atom. The third-order valence-electron chi connectivity index (χ3n) is 2.44. The summed E-state index contributed by atoms with van der Waals surface area (Å²) in [6, 6.07) is 1.85. The van der Waals surface area contributed by atoms with Crippen LogP contribution in [0.25, 0.3) is 11.6 Å². The van der Waals surface area contributed by atoms with Crippen LogP contribution in [0.1, 0.15) is 19.4 Å². The van der Waals surface area contributed by atoms with Crippen molar-refractivity contribution in [2.45, 2.75) is 20.0 Å². The van der Waals surface area contributed by atoms with Crippen LogP contribution in [0.5, 0.6) is 0 Å². The predicted octanol–water partition coefficient (Wildman–Crippen LogP) is 2.78. The molecule has 0 saturated heterocycles. The Morgan fingerprint density at radius 1 is 1.33 bits per heavy atom. The number of hydrogen-bond donors (Lipinski definition) is 1. The molecular formula is C15H15F2N3O4. The van der Waals surface area contributed by atoms with Crippen molar-refractivity contribution in [2.24, 2.45) is 0 Å². The van der Waals surface area contributed by atoms with Crippen molar-refractivity contribution in [1.29, 1.82) is 0 Å². The van der Waals surface area contributed by atoms with E-state index in [0.717, 1.165) is 18.2 Å². The van der Waals surface area contributed by atoms with E-state index in [4.69, 9.17) is 10.3 Å². The highest BCUT2D eigenvalue weighted by Gasteiger charge is 2.12. The number of rotatable bonds is 6. The van der Waals surface area contributed by atoms with Crippen LogP contribution in [0.15, 0.2) is 18.2 Å². The van der Waals surface area contributed by atoms with Gasteiger partial charge in [0.2, 0.25) is 0 Å². The number of benzene rings is 1. The number of anilines is 1. The maximum absolute atomic E-state index is 13.9. The van der Waals surface area contributed by atoms with Crippen molar-refractivity contribution >= 4 is 30.0 Å². The van der Waals surface area contributed by atoms with E-state index >= 15 is 0 Å². The van der Waals surface area contributed by atoms with E-state index in [9.17, 15) is 18.4 Å². The standard InChI is InChI=1S/C15H15F2N3O4/c1-9(2)24-15(22)20-10-6-12(16)11(13(17)7-10)4-3-5-23-14(21)8-19-18/h3-4,6-9H,5H2,1-2H3,(H,20,22)/b4-3+. The highest BCUT2D eigenvalue weighted by Crippen LogP contribution is 2.20. The first-order valence-corrected chi connectivity index (χ1v) is 6.81. The van der Waals surface area contributed by atoms with Gasteiger partial charge in [0, 0.05) is 11.3 Å². The minimum Gasteiger partial charge on any atom is -0.453 e. The monoisotopic (exact) mass is 339 g/mol. The molecule has 1 N–H and O–H groups in total. The van der Waals surface area contributed by atoms with E-state index in [1.807, 2.05) is 0 Å². The molecule has 0 bridgehead atoms. The number of esters is 1. The Balaban J connectivity index is 2.75. The Morgan fingerprint density at radius 2 is 1.96 bits per heavy atom. The molecular weight excluding hydrogens is 324 g/mol. The smallest absolute Gasteiger partial charge is 0.413 e. The lowest BCUT2D eigenvalue weighted by Crippen LogP contribution is -2.18. The second kappa shape index (κ2) is 9.16. The van der Waals surface area contributed by atoms with Crippen molar-refractivity contribution in [2.75, 3.05) is 11.9 Å². The van der Waals surface area contributed by atoms with Crippen LogP contribution < -0.4 is 5.32 Å². The van der Waals surface area contributed by atoms with Crippen LogP contribution in [0.3, 0.4) is 0 Å². The largest absolute Gasteiger partial charge is 0.453 e. The average Bonchev–Trinajstić information content (AvgIpc) is 2.44. The molecule has 1 rings (SSSR count). The van der Waals surface area contributed by atoms with E-state index in [0.29, 0.717) is 6.21 Å². The van der Waals surface area contributed by atoms with Crippen LogP contribution in [0, 0.1) is 11.6 Å². The third kappa shape index (κ3) is 6.37. The predicted molar refractivity (Wildman–Crippen MR) is 81.3 cm³/mol. The molecule has 0 aromatic heterocycles. The van der Waals surface area contributed by atoms with Gasteiger partial charge in [-0.05, 0) is 38.1 Å². The fourth-order valence-electron chi connectivity index (χ4n) is 1.56. The molecule has 9 heteroatoms. The summed E-state index contributed by atoms with van der Waals surface area (Å²) >= 11 is 0. The molecule has 0 aliphatic heterocycles. The lowest BCUT2D eigenvalue weighted by atomic mass is 10.1. The molecule has 0 aliphatic rings. The Labute approximate surface area is 136 Å². The number of nitrogens with zero attached hydrogens (tertiary/aromatic N) is 2. The van der Waals surface area contributed by atoms with Crippen molar-refractivity contribution in [1.82, 2.24) is 0 Å². The number of carbonyl (C=O) groups is 2. The van der Waals surface area contributed by atoms with E-state index in [-0.39, 0.29) is 24.0 Å². The number of amides is 1. The van der Waals surface area contributed by atoms with Crippen molar-refractivity contribution < 1.29 is 32.6 Å². The summed E-state index contributed by atoms with van der Waals surface area (Å²) in [6.07, 6.45) is 1.60. The molecule has 0 saturated carbocycles. The van der Waals surface area contributed by atoms with Gasteiger partial charge in [-0.1, -0.05) is 0 Å². The molecule has 0 unspecified atom stereocenters. The molecule has 128 valence electrons. The third-order valence-corrected chi connectivity index (χ3v) is 2.44. The van der Waals surface area contributed by atoms with Crippen LogP contribution in [-0.2, 0) is 14.3 Å². The summed E-state index contributed by atoms with van der Waals surface area (Å²) in [4.78, 5) is 24.7. The van der Waals surface area contributed by atoms with E-state index in [1.165, 1.54) is 6.08 Å². The van der Waals surface area contributed by atoms with Gasteiger partial charge in [0.15, 0.2) is 0 Å². The number of halogens is 2. The zero-order chi connectivity index (χ0) is 18.1. The fourth-order valence-corrected chi connectivity index (χ4v) is 1.56. The highest BCUT2D eigenvalue weighted by molar-refractivity contribution is 6.20. The zero-order valence-corrected chi connectivity index (χ0v) is 13.0. The summed E-state index contributed by atoms with van der Waals surface area (Å²) in [7, 11) is 0. The summed E-state index contributed by atoms with van der Waals surface area (Å²) in [5.74, 6) is -2.75.